The summed E-state index contributed by atoms with van der Waals surface area (Å²) < 4.78 is 0. The van der Waals surface area contributed by atoms with Crippen molar-refractivity contribution in [3.05, 3.63) is 0 Å². The first-order valence-corrected chi connectivity index (χ1v) is 8.25. The fourth-order valence-electron chi connectivity index (χ4n) is 2.39. The molecule has 2 N–H and O–H groups in total. The van der Waals surface area contributed by atoms with Crippen LogP contribution in [0.1, 0.15) is 89.9 Å². The van der Waals surface area contributed by atoms with E-state index in [2.05, 4.69) is 4.89 Å². The molecule has 0 aliphatic rings. The highest BCUT2D eigenvalue weighted by atomic mass is 17.1. The van der Waals surface area contributed by atoms with Crippen LogP contribution in [0, 0.1) is 0 Å². The lowest BCUT2D eigenvalue weighted by molar-refractivity contribution is -0.242. The molecule has 20 heavy (non-hydrogen) atoms. The second-order valence-corrected chi connectivity index (χ2v) is 5.57. The van der Waals surface area contributed by atoms with E-state index in [9.17, 15) is 4.79 Å². The normalized spacial score (nSPS) is 10.8. The Balaban J connectivity index is 2.94. The van der Waals surface area contributed by atoms with E-state index in [-0.39, 0.29) is 0 Å². The monoisotopic (exact) mass is 288 g/mol. The average molecular weight is 288 g/mol. The van der Waals surface area contributed by atoms with Gasteiger partial charge in [0.25, 0.3) is 0 Å². The molecule has 4 nitrogen and oxygen atoms in total. The molecule has 0 aromatic heterocycles. The average Bonchev–Trinajstić information content (AvgIpc) is 2.43. The van der Waals surface area contributed by atoms with E-state index in [1.807, 2.05) is 0 Å². The Morgan fingerprint density at radius 1 is 0.650 bits per heavy atom. The zero-order chi connectivity index (χ0) is 14.9. The Morgan fingerprint density at radius 2 is 1.00 bits per heavy atom. The molecule has 4 heteroatoms. The van der Waals surface area contributed by atoms with Gasteiger partial charge in [0, 0.05) is 6.42 Å². The number of rotatable bonds is 16. The fourth-order valence-corrected chi connectivity index (χ4v) is 2.39. The van der Waals surface area contributed by atoms with E-state index in [0.29, 0.717) is 13.0 Å². The number of aliphatic carboxylic acids is 1. The quantitative estimate of drug-likeness (QED) is 0.238. The Hall–Kier alpha value is -0.610. The van der Waals surface area contributed by atoms with Crippen molar-refractivity contribution in [3.63, 3.8) is 0 Å². The van der Waals surface area contributed by atoms with Crippen LogP contribution < -0.4 is 0 Å². The summed E-state index contributed by atoms with van der Waals surface area (Å²) in [4.78, 5) is 14.3. The Bertz CT molecular complexity index is 207. The summed E-state index contributed by atoms with van der Waals surface area (Å²) in [5.41, 5.74) is 0. The highest BCUT2D eigenvalue weighted by Gasteiger charge is 1.97. The molecular formula is C16H32O4. The maximum atomic E-state index is 10.3. The van der Waals surface area contributed by atoms with Crippen LogP contribution in [0.25, 0.3) is 0 Å². The molecule has 0 aliphatic heterocycles. The van der Waals surface area contributed by atoms with Crippen LogP contribution in [0.5, 0.6) is 0 Å². The lowest BCUT2D eigenvalue weighted by Gasteiger charge is -2.03. The van der Waals surface area contributed by atoms with Crippen molar-refractivity contribution in [1.29, 1.82) is 0 Å². The van der Waals surface area contributed by atoms with Gasteiger partial charge in [-0.1, -0.05) is 70.6 Å². The van der Waals surface area contributed by atoms with Gasteiger partial charge >= 0.3 is 5.97 Å². The van der Waals surface area contributed by atoms with Gasteiger partial charge in [-0.25, -0.2) is 4.89 Å². The third kappa shape index (κ3) is 17.4. The minimum Gasteiger partial charge on any atom is -0.481 e. The third-order valence-corrected chi connectivity index (χ3v) is 3.63. The Kier molecular flexibility index (Phi) is 15.9. The molecule has 0 saturated carbocycles. The van der Waals surface area contributed by atoms with Crippen molar-refractivity contribution in [3.8, 4) is 0 Å². The van der Waals surface area contributed by atoms with E-state index in [0.717, 1.165) is 25.7 Å². The van der Waals surface area contributed by atoms with Gasteiger partial charge in [0.05, 0.1) is 6.61 Å². The molecule has 0 spiro atoms. The fraction of sp³-hybridized carbons (Fsp3) is 0.938. The van der Waals surface area contributed by atoms with Gasteiger partial charge in [-0.2, -0.15) is 0 Å². The smallest absolute Gasteiger partial charge is 0.303 e. The summed E-state index contributed by atoms with van der Waals surface area (Å²) >= 11 is 0. The number of carbonyl (C=O) groups is 1. The largest absolute Gasteiger partial charge is 0.481 e. The van der Waals surface area contributed by atoms with Gasteiger partial charge in [0.15, 0.2) is 0 Å². The minimum absolute atomic E-state index is 0.324. The Labute approximate surface area is 123 Å². The number of hydrogen-bond acceptors (Lipinski definition) is 3. The highest BCUT2D eigenvalue weighted by molar-refractivity contribution is 5.66. The third-order valence-electron chi connectivity index (χ3n) is 3.63. The molecule has 0 fully saturated rings. The summed E-state index contributed by atoms with van der Waals surface area (Å²) in [6.07, 6.45) is 15.9. The maximum absolute atomic E-state index is 10.3. The molecule has 120 valence electrons. The van der Waals surface area contributed by atoms with Crippen LogP contribution in [0.4, 0.5) is 0 Å². The molecular weight excluding hydrogens is 256 g/mol. The van der Waals surface area contributed by atoms with Gasteiger partial charge in [-0.3, -0.25) is 10.1 Å². The van der Waals surface area contributed by atoms with E-state index in [1.165, 1.54) is 57.8 Å². The standard InChI is InChI=1S/C16H32O4/c17-16(18)14-12-10-8-6-4-2-1-3-5-7-9-11-13-15-20-19/h19H,1-15H2,(H,17,18). The van der Waals surface area contributed by atoms with Gasteiger partial charge in [-0.05, 0) is 12.8 Å². The summed E-state index contributed by atoms with van der Waals surface area (Å²) in [5, 5.41) is 16.7. The molecule has 0 aliphatic carbocycles. The molecule has 0 atom stereocenters. The van der Waals surface area contributed by atoms with Crippen molar-refractivity contribution in [1.82, 2.24) is 0 Å². The number of carboxylic acid groups (broad SMARTS) is 1. The Morgan fingerprint density at radius 3 is 1.35 bits per heavy atom. The summed E-state index contributed by atoms with van der Waals surface area (Å²) in [6.45, 7) is 0.465. The van der Waals surface area contributed by atoms with Crippen molar-refractivity contribution in [2.24, 2.45) is 0 Å². The summed E-state index contributed by atoms with van der Waals surface area (Å²) in [5.74, 6) is -0.672. The second kappa shape index (κ2) is 16.4. The minimum atomic E-state index is -0.672. The molecule has 0 saturated heterocycles. The highest BCUT2D eigenvalue weighted by Crippen LogP contribution is 2.12. The van der Waals surface area contributed by atoms with Crippen molar-refractivity contribution in [2.75, 3.05) is 6.61 Å². The van der Waals surface area contributed by atoms with Gasteiger partial charge in [-0.15, -0.1) is 0 Å². The zero-order valence-corrected chi connectivity index (χ0v) is 12.8. The van der Waals surface area contributed by atoms with Crippen LogP contribution >= 0.6 is 0 Å². The lowest BCUT2D eigenvalue weighted by atomic mass is 10.0. The summed E-state index contributed by atoms with van der Waals surface area (Å²) in [6, 6.07) is 0. The van der Waals surface area contributed by atoms with E-state index in [4.69, 9.17) is 10.4 Å². The maximum Gasteiger partial charge on any atom is 0.303 e. The van der Waals surface area contributed by atoms with E-state index >= 15 is 0 Å². The summed E-state index contributed by atoms with van der Waals surface area (Å²) in [7, 11) is 0. The molecule has 0 radical (unpaired) electrons. The van der Waals surface area contributed by atoms with Gasteiger partial charge in [0.2, 0.25) is 0 Å². The topological polar surface area (TPSA) is 66.8 Å². The van der Waals surface area contributed by atoms with Gasteiger partial charge < -0.3 is 5.11 Å². The first-order chi connectivity index (χ1) is 9.77. The molecule has 0 aromatic rings. The van der Waals surface area contributed by atoms with Gasteiger partial charge in [0.1, 0.15) is 0 Å². The molecule has 0 heterocycles. The number of carboxylic acids is 1. The van der Waals surface area contributed by atoms with Crippen LogP contribution in [-0.2, 0) is 9.68 Å². The van der Waals surface area contributed by atoms with Crippen molar-refractivity contribution >= 4 is 5.97 Å². The predicted octanol–water partition coefficient (Wildman–Crippen LogP) is 5.02. The molecule has 0 unspecified atom stereocenters. The van der Waals surface area contributed by atoms with Crippen LogP contribution in [0.3, 0.4) is 0 Å². The van der Waals surface area contributed by atoms with E-state index < -0.39 is 5.97 Å². The van der Waals surface area contributed by atoms with Crippen molar-refractivity contribution in [2.45, 2.75) is 89.9 Å². The SMILES string of the molecule is O=C(O)CCCCCCCCCCCCCCCOO. The first kappa shape index (κ1) is 19.4. The predicted molar refractivity (Wildman–Crippen MR) is 80.9 cm³/mol. The van der Waals surface area contributed by atoms with Crippen molar-refractivity contribution < 1.29 is 20.0 Å². The molecule has 0 bridgehead atoms. The van der Waals surface area contributed by atoms with Crippen LogP contribution in [0.15, 0.2) is 0 Å². The molecule has 0 aromatic carbocycles. The number of hydrogen-bond donors (Lipinski definition) is 2. The lowest BCUT2D eigenvalue weighted by Crippen LogP contribution is -1.93. The molecule has 0 amide bonds. The zero-order valence-electron chi connectivity index (χ0n) is 12.8. The molecule has 0 rings (SSSR count). The number of unbranched alkanes of at least 4 members (excludes halogenated alkanes) is 12. The first-order valence-electron chi connectivity index (χ1n) is 8.25. The van der Waals surface area contributed by atoms with Crippen LogP contribution in [0.2, 0.25) is 0 Å². The van der Waals surface area contributed by atoms with E-state index in [1.54, 1.807) is 0 Å². The van der Waals surface area contributed by atoms with Crippen LogP contribution in [-0.4, -0.2) is 22.9 Å². The second-order valence-electron chi connectivity index (χ2n) is 5.57.